The molecule has 0 aliphatic heterocycles. The molecule has 17 heavy (non-hydrogen) atoms. The van der Waals surface area contributed by atoms with Crippen molar-refractivity contribution < 1.29 is 22.1 Å². The molecule has 1 rings (SSSR count). The van der Waals surface area contributed by atoms with Gasteiger partial charge in [-0.25, -0.2) is 4.79 Å². The summed E-state index contributed by atoms with van der Waals surface area (Å²) in [4.78, 5) is 10.3. The number of hydrogen-bond acceptors (Lipinski definition) is 5. The number of carbonyl (C=O) groups excluding carboxylic acids is 1. The van der Waals surface area contributed by atoms with Gasteiger partial charge >= 0.3 is 6.09 Å². The van der Waals surface area contributed by atoms with Crippen molar-refractivity contribution in [3.63, 3.8) is 0 Å². The highest BCUT2D eigenvalue weighted by Gasteiger charge is 2.14. The Kier molecular flexibility index (Phi) is 4.47. The third kappa shape index (κ3) is 4.41. The van der Waals surface area contributed by atoms with Crippen LogP contribution < -0.4 is 5.73 Å². The van der Waals surface area contributed by atoms with E-state index in [1.165, 1.54) is 12.1 Å². The van der Waals surface area contributed by atoms with Gasteiger partial charge in [0.1, 0.15) is 13.2 Å². The minimum absolute atomic E-state index is 0.0576. The first-order chi connectivity index (χ1) is 7.92. The minimum Gasteiger partial charge on any atom is -0.447 e. The number of ether oxygens (including phenoxy) is 1. The summed E-state index contributed by atoms with van der Waals surface area (Å²) < 4.78 is 32.2. The molecule has 1 aromatic carbocycles. The van der Waals surface area contributed by atoms with Gasteiger partial charge in [-0.2, -0.15) is 8.42 Å². The van der Waals surface area contributed by atoms with E-state index in [9.17, 15) is 13.2 Å². The van der Waals surface area contributed by atoms with Crippen LogP contribution in [0.1, 0.15) is 5.56 Å². The van der Waals surface area contributed by atoms with Gasteiger partial charge in [-0.15, -0.1) is 0 Å². The molecule has 0 bridgehead atoms. The minimum atomic E-state index is -3.81. The average Bonchev–Trinajstić information content (AvgIpc) is 2.25. The average molecular weight is 259 g/mol. The highest BCUT2D eigenvalue weighted by molar-refractivity contribution is 7.86. The second-order valence-electron chi connectivity index (χ2n) is 3.26. The predicted octanol–water partition coefficient (Wildman–Crippen LogP) is 0.796. The second kappa shape index (κ2) is 5.65. The van der Waals surface area contributed by atoms with Crippen LogP contribution in [0.5, 0.6) is 0 Å². The SMILES string of the molecule is Cc1ccc(S(=O)(=O)OCCOC(N)=O)cc1. The summed E-state index contributed by atoms with van der Waals surface area (Å²) >= 11 is 0. The Morgan fingerprint density at radius 3 is 2.35 bits per heavy atom. The molecule has 0 aromatic heterocycles. The van der Waals surface area contributed by atoms with Crippen LogP contribution in [0.15, 0.2) is 29.2 Å². The number of nitrogens with two attached hydrogens (primary N) is 1. The monoisotopic (exact) mass is 259 g/mol. The zero-order valence-electron chi connectivity index (χ0n) is 9.25. The van der Waals surface area contributed by atoms with E-state index < -0.39 is 16.2 Å². The molecule has 1 aromatic rings. The van der Waals surface area contributed by atoms with Gasteiger partial charge in [-0.1, -0.05) is 17.7 Å². The van der Waals surface area contributed by atoms with Crippen LogP contribution in [0.4, 0.5) is 4.79 Å². The predicted molar refractivity (Wildman–Crippen MR) is 59.9 cm³/mol. The Morgan fingerprint density at radius 2 is 1.82 bits per heavy atom. The molecule has 0 radical (unpaired) electrons. The summed E-state index contributed by atoms with van der Waals surface area (Å²) in [6.07, 6.45) is -0.971. The Morgan fingerprint density at radius 1 is 1.24 bits per heavy atom. The van der Waals surface area contributed by atoms with Gasteiger partial charge in [-0.05, 0) is 19.1 Å². The second-order valence-corrected chi connectivity index (χ2v) is 4.87. The highest BCUT2D eigenvalue weighted by Crippen LogP contribution is 2.12. The lowest BCUT2D eigenvalue weighted by Gasteiger charge is -2.05. The van der Waals surface area contributed by atoms with E-state index in [-0.39, 0.29) is 18.1 Å². The highest BCUT2D eigenvalue weighted by atomic mass is 32.2. The van der Waals surface area contributed by atoms with E-state index in [1.807, 2.05) is 6.92 Å². The Bertz CT molecular complexity index is 480. The topological polar surface area (TPSA) is 95.7 Å². The third-order valence-corrected chi connectivity index (χ3v) is 3.20. The summed E-state index contributed by atoms with van der Waals surface area (Å²) in [5.74, 6) is 0. The summed E-state index contributed by atoms with van der Waals surface area (Å²) in [6, 6.07) is 6.21. The quantitative estimate of drug-likeness (QED) is 0.623. The van der Waals surface area contributed by atoms with Crippen LogP contribution in [0, 0.1) is 6.92 Å². The molecule has 0 saturated carbocycles. The van der Waals surface area contributed by atoms with Crippen LogP contribution >= 0.6 is 0 Å². The molecule has 94 valence electrons. The van der Waals surface area contributed by atoms with Gasteiger partial charge in [-0.3, -0.25) is 4.18 Å². The molecule has 0 spiro atoms. The number of benzene rings is 1. The van der Waals surface area contributed by atoms with Crippen LogP contribution in [0.2, 0.25) is 0 Å². The van der Waals surface area contributed by atoms with E-state index in [4.69, 9.17) is 5.73 Å². The van der Waals surface area contributed by atoms with Crippen LogP contribution in [-0.4, -0.2) is 27.7 Å². The van der Waals surface area contributed by atoms with E-state index in [2.05, 4.69) is 8.92 Å². The molecule has 1 amide bonds. The van der Waals surface area contributed by atoms with Crippen LogP contribution in [0.3, 0.4) is 0 Å². The normalized spacial score (nSPS) is 11.1. The Hall–Kier alpha value is -1.60. The summed E-state index contributed by atoms with van der Waals surface area (Å²) in [5.41, 5.74) is 5.65. The number of aryl methyl sites for hydroxylation is 1. The molecule has 0 atom stereocenters. The molecule has 0 aliphatic carbocycles. The number of primary amides is 1. The first-order valence-corrected chi connectivity index (χ1v) is 6.21. The molecular formula is C10H13NO5S. The summed E-state index contributed by atoms with van der Waals surface area (Å²) in [6.45, 7) is 1.37. The van der Waals surface area contributed by atoms with Crippen molar-refractivity contribution in [2.45, 2.75) is 11.8 Å². The van der Waals surface area contributed by atoms with Gasteiger partial charge in [0.25, 0.3) is 10.1 Å². The molecule has 7 heteroatoms. The van der Waals surface area contributed by atoms with Crippen molar-refractivity contribution in [1.82, 2.24) is 0 Å². The molecule has 6 nitrogen and oxygen atoms in total. The van der Waals surface area contributed by atoms with Crippen molar-refractivity contribution in [3.8, 4) is 0 Å². The zero-order valence-corrected chi connectivity index (χ0v) is 10.1. The standard InChI is InChI=1S/C10H13NO5S/c1-8-2-4-9(5-3-8)17(13,14)16-7-6-15-10(11)12/h2-5H,6-7H2,1H3,(H2,11,12). The Balaban J connectivity index is 2.57. The lowest BCUT2D eigenvalue weighted by Crippen LogP contribution is -2.18. The van der Waals surface area contributed by atoms with E-state index >= 15 is 0 Å². The van der Waals surface area contributed by atoms with Crippen molar-refractivity contribution in [2.24, 2.45) is 5.73 Å². The van der Waals surface area contributed by atoms with Crippen LogP contribution in [0.25, 0.3) is 0 Å². The van der Waals surface area contributed by atoms with Gasteiger partial charge in [0.2, 0.25) is 0 Å². The lowest BCUT2D eigenvalue weighted by molar-refractivity contribution is 0.135. The molecule has 0 heterocycles. The summed E-state index contributed by atoms with van der Waals surface area (Å²) in [7, 11) is -3.81. The summed E-state index contributed by atoms with van der Waals surface area (Å²) in [5, 5.41) is 0. The van der Waals surface area contributed by atoms with Gasteiger partial charge in [0.05, 0.1) is 4.90 Å². The number of amides is 1. The van der Waals surface area contributed by atoms with E-state index in [0.29, 0.717) is 0 Å². The van der Waals surface area contributed by atoms with Crippen molar-refractivity contribution in [2.75, 3.05) is 13.2 Å². The smallest absolute Gasteiger partial charge is 0.404 e. The maximum Gasteiger partial charge on any atom is 0.404 e. The lowest BCUT2D eigenvalue weighted by atomic mass is 10.2. The maximum atomic E-state index is 11.6. The van der Waals surface area contributed by atoms with Gasteiger partial charge in [0, 0.05) is 0 Å². The van der Waals surface area contributed by atoms with E-state index in [1.54, 1.807) is 12.1 Å². The number of carbonyl (C=O) groups is 1. The van der Waals surface area contributed by atoms with Crippen molar-refractivity contribution in [1.29, 1.82) is 0 Å². The number of hydrogen-bond donors (Lipinski definition) is 1. The largest absolute Gasteiger partial charge is 0.447 e. The zero-order chi connectivity index (χ0) is 12.9. The fraction of sp³-hybridized carbons (Fsp3) is 0.300. The van der Waals surface area contributed by atoms with Gasteiger partial charge < -0.3 is 10.5 Å². The fourth-order valence-electron chi connectivity index (χ4n) is 1.06. The van der Waals surface area contributed by atoms with Gasteiger partial charge in [0.15, 0.2) is 0 Å². The molecule has 0 unspecified atom stereocenters. The molecular weight excluding hydrogens is 246 g/mol. The maximum absolute atomic E-state index is 11.6. The molecule has 0 saturated heterocycles. The van der Waals surface area contributed by atoms with Crippen molar-refractivity contribution in [3.05, 3.63) is 29.8 Å². The molecule has 2 N–H and O–H groups in total. The Labute approximate surface area is 99.5 Å². The van der Waals surface area contributed by atoms with E-state index in [0.717, 1.165) is 5.56 Å². The number of rotatable bonds is 5. The fourth-order valence-corrected chi connectivity index (χ4v) is 1.95. The van der Waals surface area contributed by atoms with Crippen LogP contribution in [-0.2, 0) is 19.0 Å². The molecule has 0 fully saturated rings. The molecule has 0 aliphatic rings. The first-order valence-electron chi connectivity index (χ1n) is 4.80. The van der Waals surface area contributed by atoms with Crippen molar-refractivity contribution >= 4 is 16.2 Å². The third-order valence-electron chi connectivity index (χ3n) is 1.88. The first kappa shape index (κ1) is 13.5.